The Hall–Kier alpha value is -1.74. The molecule has 0 aromatic heterocycles. The molecule has 1 heterocycles. The van der Waals surface area contributed by atoms with Crippen molar-refractivity contribution in [1.82, 2.24) is 0 Å². The summed E-state index contributed by atoms with van der Waals surface area (Å²) in [5.74, 6) is 1.03. The molecule has 2 aromatic carbocycles. The lowest BCUT2D eigenvalue weighted by atomic mass is 10.1. The van der Waals surface area contributed by atoms with E-state index in [0.717, 1.165) is 23.3 Å². The summed E-state index contributed by atoms with van der Waals surface area (Å²) in [7, 11) is 0. The Morgan fingerprint density at radius 1 is 1.26 bits per heavy atom. The smallest absolute Gasteiger partial charge is 0.129 e. The lowest BCUT2D eigenvalue weighted by Gasteiger charge is -2.10. The normalized spacial score (nSPS) is 12.9. The van der Waals surface area contributed by atoms with Gasteiger partial charge in [-0.15, -0.1) is 0 Å². The molecule has 98 valence electrons. The largest absolute Gasteiger partial charge is 0.493 e. The van der Waals surface area contributed by atoms with E-state index < -0.39 is 0 Å². The van der Waals surface area contributed by atoms with E-state index >= 15 is 0 Å². The molecule has 0 aliphatic carbocycles. The van der Waals surface area contributed by atoms with Crippen LogP contribution >= 0.6 is 11.6 Å². The zero-order valence-electron chi connectivity index (χ0n) is 10.2. The predicted octanol–water partition coefficient (Wildman–Crippen LogP) is 3.99. The standard InChI is InChI=1S/C15H12ClFO2/c16-12-6-10-4-5-18-15(10)11(7-12)9-19-14-3-1-2-13(17)8-14/h1-3,6-8H,4-5,9H2. The van der Waals surface area contributed by atoms with E-state index in [-0.39, 0.29) is 5.82 Å². The van der Waals surface area contributed by atoms with Gasteiger partial charge in [0.15, 0.2) is 0 Å². The molecule has 3 rings (SSSR count). The van der Waals surface area contributed by atoms with Gasteiger partial charge < -0.3 is 9.47 Å². The van der Waals surface area contributed by atoms with E-state index in [1.807, 2.05) is 12.1 Å². The molecule has 0 radical (unpaired) electrons. The van der Waals surface area contributed by atoms with Crippen LogP contribution in [0.4, 0.5) is 4.39 Å². The highest BCUT2D eigenvalue weighted by Gasteiger charge is 2.17. The number of hydrogen-bond donors (Lipinski definition) is 0. The van der Waals surface area contributed by atoms with Crippen LogP contribution in [0, 0.1) is 5.82 Å². The zero-order chi connectivity index (χ0) is 13.2. The molecule has 1 aliphatic heterocycles. The Morgan fingerprint density at radius 2 is 2.16 bits per heavy atom. The third kappa shape index (κ3) is 2.66. The molecular weight excluding hydrogens is 267 g/mol. The Morgan fingerprint density at radius 3 is 3.00 bits per heavy atom. The fraction of sp³-hybridized carbons (Fsp3) is 0.200. The summed E-state index contributed by atoms with van der Waals surface area (Å²) in [5, 5.41) is 0.669. The Balaban J connectivity index is 1.81. The van der Waals surface area contributed by atoms with Gasteiger partial charge in [0.25, 0.3) is 0 Å². The third-order valence-electron chi connectivity index (χ3n) is 3.02. The van der Waals surface area contributed by atoms with Crippen LogP contribution in [0.2, 0.25) is 5.02 Å². The first-order chi connectivity index (χ1) is 9.22. The fourth-order valence-electron chi connectivity index (χ4n) is 2.17. The Kier molecular flexibility index (Phi) is 3.30. The topological polar surface area (TPSA) is 18.5 Å². The van der Waals surface area contributed by atoms with Crippen LogP contribution in [0.15, 0.2) is 36.4 Å². The van der Waals surface area contributed by atoms with Crippen LogP contribution in [0.3, 0.4) is 0 Å². The van der Waals surface area contributed by atoms with Gasteiger partial charge in [0.05, 0.1) is 6.61 Å². The Labute approximate surface area is 115 Å². The molecule has 0 atom stereocenters. The maximum Gasteiger partial charge on any atom is 0.129 e. The van der Waals surface area contributed by atoms with Crippen LogP contribution in [0.1, 0.15) is 11.1 Å². The van der Waals surface area contributed by atoms with Gasteiger partial charge in [0.2, 0.25) is 0 Å². The summed E-state index contributed by atoms with van der Waals surface area (Å²) in [6.07, 6.45) is 0.864. The van der Waals surface area contributed by atoms with Crippen LogP contribution in [0.25, 0.3) is 0 Å². The molecule has 0 unspecified atom stereocenters. The van der Waals surface area contributed by atoms with Gasteiger partial charge in [-0.25, -0.2) is 4.39 Å². The van der Waals surface area contributed by atoms with Crippen molar-refractivity contribution in [2.75, 3.05) is 6.61 Å². The highest BCUT2D eigenvalue weighted by Crippen LogP contribution is 2.33. The summed E-state index contributed by atoms with van der Waals surface area (Å²) in [5.41, 5.74) is 2.00. The van der Waals surface area contributed by atoms with Gasteiger partial charge in [0, 0.05) is 23.1 Å². The second-order valence-electron chi connectivity index (χ2n) is 4.40. The minimum atomic E-state index is -0.315. The van der Waals surface area contributed by atoms with Crippen LogP contribution < -0.4 is 9.47 Å². The summed E-state index contributed by atoms with van der Waals surface area (Å²) < 4.78 is 24.2. The monoisotopic (exact) mass is 278 g/mol. The maximum atomic E-state index is 13.1. The van der Waals surface area contributed by atoms with Gasteiger partial charge in [-0.05, 0) is 29.8 Å². The van der Waals surface area contributed by atoms with Crippen molar-refractivity contribution in [2.45, 2.75) is 13.0 Å². The lowest BCUT2D eigenvalue weighted by molar-refractivity contribution is 0.290. The van der Waals surface area contributed by atoms with Crippen molar-refractivity contribution in [3.8, 4) is 11.5 Å². The predicted molar refractivity (Wildman–Crippen MR) is 71.4 cm³/mol. The fourth-order valence-corrected chi connectivity index (χ4v) is 2.43. The first-order valence-corrected chi connectivity index (χ1v) is 6.42. The van der Waals surface area contributed by atoms with Crippen molar-refractivity contribution >= 4 is 11.6 Å². The molecule has 19 heavy (non-hydrogen) atoms. The summed E-state index contributed by atoms with van der Waals surface area (Å²) in [4.78, 5) is 0. The molecule has 2 aromatic rings. The van der Waals surface area contributed by atoms with Gasteiger partial charge in [-0.2, -0.15) is 0 Å². The average molecular weight is 279 g/mol. The molecular formula is C15H12ClFO2. The Bertz CT molecular complexity index is 613. The first kappa shape index (κ1) is 12.3. The van der Waals surface area contributed by atoms with Gasteiger partial charge in [0.1, 0.15) is 23.9 Å². The summed E-state index contributed by atoms with van der Waals surface area (Å²) in [6.45, 7) is 0.981. The first-order valence-electron chi connectivity index (χ1n) is 6.05. The summed E-state index contributed by atoms with van der Waals surface area (Å²) in [6, 6.07) is 9.80. The molecule has 0 spiro atoms. The quantitative estimate of drug-likeness (QED) is 0.845. The molecule has 0 saturated heterocycles. The second-order valence-corrected chi connectivity index (χ2v) is 4.83. The minimum Gasteiger partial charge on any atom is -0.493 e. The number of benzene rings is 2. The molecule has 4 heteroatoms. The van der Waals surface area contributed by atoms with Crippen molar-refractivity contribution in [3.63, 3.8) is 0 Å². The van der Waals surface area contributed by atoms with Crippen molar-refractivity contribution in [2.24, 2.45) is 0 Å². The molecule has 0 bridgehead atoms. The number of fused-ring (bicyclic) bond motifs is 1. The van der Waals surface area contributed by atoms with E-state index in [0.29, 0.717) is 24.0 Å². The number of halogens is 2. The van der Waals surface area contributed by atoms with E-state index in [2.05, 4.69) is 0 Å². The second kappa shape index (κ2) is 5.10. The molecule has 0 amide bonds. The van der Waals surface area contributed by atoms with Crippen LogP contribution in [-0.4, -0.2) is 6.61 Å². The third-order valence-corrected chi connectivity index (χ3v) is 3.23. The molecule has 0 N–H and O–H groups in total. The van der Waals surface area contributed by atoms with E-state index in [1.54, 1.807) is 12.1 Å². The van der Waals surface area contributed by atoms with Crippen LogP contribution in [0.5, 0.6) is 11.5 Å². The summed E-state index contributed by atoms with van der Waals surface area (Å²) >= 11 is 6.06. The van der Waals surface area contributed by atoms with Crippen molar-refractivity contribution < 1.29 is 13.9 Å². The lowest BCUT2D eigenvalue weighted by Crippen LogP contribution is -1.99. The zero-order valence-corrected chi connectivity index (χ0v) is 10.9. The molecule has 0 saturated carbocycles. The van der Waals surface area contributed by atoms with Crippen molar-refractivity contribution in [1.29, 1.82) is 0 Å². The maximum absolute atomic E-state index is 13.1. The van der Waals surface area contributed by atoms with Crippen molar-refractivity contribution in [3.05, 3.63) is 58.4 Å². The van der Waals surface area contributed by atoms with Gasteiger partial charge >= 0.3 is 0 Å². The number of ether oxygens (including phenoxy) is 2. The number of hydrogen-bond acceptors (Lipinski definition) is 2. The van der Waals surface area contributed by atoms with E-state index in [9.17, 15) is 4.39 Å². The van der Waals surface area contributed by atoms with Gasteiger partial charge in [-0.1, -0.05) is 17.7 Å². The number of rotatable bonds is 3. The van der Waals surface area contributed by atoms with Crippen LogP contribution in [-0.2, 0) is 13.0 Å². The average Bonchev–Trinajstić information content (AvgIpc) is 2.84. The highest BCUT2D eigenvalue weighted by atomic mass is 35.5. The molecule has 1 aliphatic rings. The SMILES string of the molecule is Fc1cccc(OCc2cc(Cl)cc3c2OCC3)c1. The van der Waals surface area contributed by atoms with E-state index in [4.69, 9.17) is 21.1 Å². The molecule has 2 nitrogen and oxygen atoms in total. The van der Waals surface area contributed by atoms with Gasteiger partial charge in [-0.3, -0.25) is 0 Å². The minimum absolute atomic E-state index is 0.312. The van der Waals surface area contributed by atoms with E-state index in [1.165, 1.54) is 12.1 Å². The highest BCUT2D eigenvalue weighted by molar-refractivity contribution is 6.30. The molecule has 0 fully saturated rings.